The summed E-state index contributed by atoms with van der Waals surface area (Å²) in [6, 6.07) is 10.8. The summed E-state index contributed by atoms with van der Waals surface area (Å²) in [6.45, 7) is 1.88. The Morgan fingerprint density at radius 2 is 1.88 bits per heavy atom. The lowest BCUT2D eigenvalue weighted by molar-refractivity contribution is -0.384. The van der Waals surface area contributed by atoms with Gasteiger partial charge in [-0.1, -0.05) is 29.8 Å². The quantitative estimate of drug-likeness (QED) is 0.205. The maximum atomic E-state index is 12.6. The van der Waals surface area contributed by atoms with Crippen LogP contribution >= 0.6 is 11.6 Å². The van der Waals surface area contributed by atoms with Gasteiger partial charge in [0.1, 0.15) is 0 Å². The molecular weight excluding hydrogens is 454 g/mol. The summed E-state index contributed by atoms with van der Waals surface area (Å²) in [4.78, 5) is 46.2. The second kappa shape index (κ2) is 13.0. The first-order chi connectivity index (χ1) is 15.8. The highest BCUT2D eigenvalue weighted by atomic mass is 35.5. The van der Waals surface area contributed by atoms with E-state index in [-0.39, 0.29) is 43.3 Å². The van der Waals surface area contributed by atoms with Crippen LogP contribution in [0.5, 0.6) is 0 Å². The molecule has 2 aromatic carbocycles. The van der Waals surface area contributed by atoms with Gasteiger partial charge in [0.2, 0.25) is 0 Å². The van der Waals surface area contributed by atoms with E-state index in [2.05, 4.69) is 10.6 Å². The van der Waals surface area contributed by atoms with Gasteiger partial charge in [-0.2, -0.15) is 0 Å². The van der Waals surface area contributed by atoms with Crippen molar-refractivity contribution in [3.8, 4) is 0 Å². The van der Waals surface area contributed by atoms with Gasteiger partial charge in [0.05, 0.1) is 17.1 Å². The second-order valence-electron chi connectivity index (χ2n) is 6.77. The normalized spacial score (nSPS) is 10.2. The molecule has 0 spiro atoms. The van der Waals surface area contributed by atoms with Crippen LogP contribution < -0.4 is 10.6 Å². The van der Waals surface area contributed by atoms with Crippen molar-refractivity contribution in [1.29, 1.82) is 0 Å². The van der Waals surface area contributed by atoms with E-state index < -0.39 is 23.4 Å². The van der Waals surface area contributed by atoms with E-state index in [0.29, 0.717) is 17.1 Å². The molecule has 0 heterocycles. The molecule has 0 unspecified atom stereocenters. The molecule has 0 fully saturated rings. The summed E-state index contributed by atoms with van der Waals surface area (Å²) in [5.41, 5.74) is 0.666. The van der Waals surface area contributed by atoms with Crippen LogP contribution in [0.2, 0.25) is 5.02 Å². The molecule has 0 saturated carbocycles. The van der Waals surface area contributed by atoms with Gasteiger partial charge in [-0.05, 0) is 31.0 Å². The first-order valence-corrected chi connectivity index (χ1v) is 10.5. The lowest BCUT2D eigenvalue weighted by Crippen LogP contribution is -2.30. The molecule has 0 saturated heterocycles. The molecule has 2 aromatic rings. The first-order valence-electron chi connectivity index (χ1n) is 10.2. The molecule has 0 aliphatic rings. The Kier molecular flexibility index (Phi) is 10.1. The van der Waals surface area contributed by atoms with Crippen LogP contribution in [0.15, 0.2) is 42.5 Å². The number of hydrogen-bond donors (Lipinski definition) is 2. The average Bonchev–Trinajstić information content (AvgIpc) is 2.79. The Bertz CT molecular complexity index is 1010. The van der Waals surface area contributed by atoms with Gasteiger partial charge in [-0.3, -0.25) is 19.7 Å². The highest BCUT2D eigenvalue weighted by Crippen LogP contribution is 2.25. The van der Waals surface area contributed by atoms with E-state index in [9.17, 15) is 24.5 Å². The van der Waals surface area contributed by atoms with Crippen LogP contribution in [0.1, 0.15) is 35.7 Å². The summed E-state index contributed by atoms with van der Waals surface area (Å²) in [5.74, 6) is -1.83. The van der Waals surface area contributed by atoms with Gasteiger partial charge in [0.25, 0.3) is 11.6 Å². The predicted molar refractivity (Wildman–Crippen MR) is 121 cm³/mol. The number of nitro groups is 1. The molecule has 11 heteroatoms. The van der Waals surface area contributed by atoms with Crippen molar-refractivity contribution < 1.29 is 28.8 Å². The molecule has 0 aliphatic carbocycles. The topological polar surface area (TPSA) is 137 Å². The van der Waals surface area contributed by atoms with E-state index in [0.717, 1.165) is 11.6 Å². The molecule has 33 heavy (non-hydrogen) atoms. The third-order valence-corrected chi connectivity index (χ3v) is 4.75. The van der Waals surface area contributed by atoms with Crippen molar-refractivity contribution in [3.63, 3.8) is 0 Å². The number of hydrogen-bond acceptors (Lipinski definition) is 8. The molecule has 0 bridgehead atoms. The summed E-state index contributed by atoms with van der Waals surface area (Å²) >= 11 is 6.14. The molecule has 10 nitrogen and oxygen atoms in total. The van der Waals surface area contributed by atoms with Crippen LogP contribution in [0.25, 0.3) is 0 Å². The SMILES string of the molecule is CCOC(=O)CCCNC(=O)COC(=O)c1cc([N+](=O)[O-])ccc1NCc1ccccc1Cl. The number of nitrogens with zero attached hydrogens (tertiary/aromatic N) is 1. The summed E-state index contributed by atoms with van der Waals surface area (Å²) < 4.78 is 9.81. The van der Waals surface area contributed by atoms with Crippen molar-refractivity contribution in [2.75, 3.05) is 25.1 Å². The molecule has 0 atom stereocenters. The number of carbonyl (C=O) groups is 3. The minimum absolute atomic E-state index is 0.0913. The van der Waals surface area contributed by atoms with E-state index in [1.54, 1.807) is 31.2 Å². The van der Waals surface area contributed by atoms with E-state index in [4.69, 9.17) is 21.1 Å². The van der Waals surface area contributed by atoms with Crippen molar-refractivity contribution in [2.45, 2.75) is 26.3 Å². The zero-order chi connectivity index (χ0) is 24.2. The third-order valence-electron chi connectivity index (χ3n) is 4.38. The van der Waals surface area contributed by atoms with Crippen LogP contribution in [0, 0.1) is 10.1 Å². The largest absolute Gasteiger partial charge is 0.466 e. The summed E-state index contributed by atoms with van der Waals surface area (Å²) in [6.07, 6.45) is 0.529. The standard InChI is InChI=1S/C22H24ClN3O7/c1-2-32-21(28)8-5-11-24-20(27)14-33-22(29)17-12-16(26(30)31)9-10-19(17)25-13-15-6-3-4-7-18(15)23/h3-4,6-7,9-10,12,25H,2,5,8,11,13-14H2,1H3,(H,24,27). The zero-order valence-electron chi connectivity index (χ0n) is 18.0. The zero-order valence-corrected chi connectivity index (χ0v) is 18.7. The second-order valence-corrected chi connectivity index (χ2v) is 7.17. The van der Waals surface area contributed by atoms with Crippen molar-refractivity contribution in [1.82, 2.24) is 5.32 Å². The first kappa shape index (κ1) is 25.6. The van der Waals surface area contributed by atoms with Gasteiger partial charge < -0.3 is 20.1 Å². The van der Waals surface area contributed by atoms with Gasteiger partial charge in [0, 0.05) is 42.4 Å². The maximum absolute atomic E-state index is 12.6. The van der Waals surface area contributed by atoms with Crippen LogP contribution in [-0.2, 0) is 25.6 Å². The van der Waals surface area contributed by atoms with Gasteiger partial charge in [0.15, 0.2) is 6.61 Å². The van der Waals surface area contributed by atoms with Crippen molar-refractivity contribution >= 4 is 40.8 Å². The number of rotatable bonds is 12. The number of amides is 1. The highest BCUT2D eigenvalue weighted by Gasteiger charge is 2.19. The highest BCUT2D eigenvalue weighted by molar-refractivity contribution is 6.31. The van der Waals surface area contributed by atoms with Gasteiger partial charge >= 0.3 is 11.9 Å². The number of non-ortho nitro benzene ring substituents is 1. The Hall–Kier alpha value is -3.66. The molecule has 176 valence electrons. The molecule has 0 radical (unpaired) electrons. The number of anilines is 1. The molecular formula is C22H24ClN3O7. The van der Waals surface area contributed by atoms with Crippen LogP contribution in [0.4, 0.5) is 11.4 Å². The molecule has 2 rings (SSSR count). The Morgan fingerprint density at radius 3 is 2.58 bits per heavy atom. The smallest absolute Gasteiger partial charge is 0.341 e. The van der Waals surface area contributed by atoms with Crippen LogP contribution in [0.3, 0.4) is 0 Å². The van der Waals surface area contributed by atoms with E-state index in [1.165, 1.54) is 12.1 Å². The minimum atomic E-state index is -0.901. The van der Waals surface area contributed by atoms with Gasteiger partial charge in [-0.15, -0.1) is 0 Å². The minimum Gasteiger partial charge on any atom is -0.466 e. The molecule has 0 aromatic heterocycles. The number of ether oxygens (including phenoxy) is 2. The van der Waals surface area contributed by atoms with Crippen molar-refractivity contribution in [3.05, 3.63) is 68.7 Å². The Balaban J connectivity index is 1.97. The fourth-order valence-electron chi connectivity index (χ4n) is 2.75. The number of nitrogens with one attached hydrogen (secondary N) is 2. The summed E-state index contributed by atoms with van der Waals surface area (Å²) in [7, 11) is 0. The number of halogens is 1. The molecule has 1 amide bonds. The van der Waals surface area contributed by atoms with Crippen molar-refractivity contribution in [2.24, 2.45) is 0 Å². The van der Waals surface area contributed by atoms with Crippen LogP contribution in [-0.4, -0.2) is 42.5 Å². The average molecular weight is 478 g/mol. The summed E-state index contributed by atoms with van der Waals surface area (Å²) in [5, 5.41) is 17.2. The number of benzene rings is 2. The Labute approximate surface area is 195 Å². The van der Waals surface area contributed by atoms with E-state index >= 15 is 0 Å². The maximum Gasteiger partial charge on any atom is 0.341 e. The van der Waals surface area contributed by atoms with E-state index in [1.807, 2.05) is 0 Å². The fraction of sp³-hybridized carbons (Fsp3) is 0.318. The predicted octanol–water partition coefficient (Wildman–Crippen LogP) is 3.48. The number of carbonyl (C=O) groups excluding carboxylic acids is 3. The number of nitro benzene ring substituents is 1. The fourth-order valence-corrected chi connectivity index (χ4v) is 2.96. The molecule has 0 aliphatic heterocycles. The monoisotopic (exact) mass is 477 g/mol. The van der Waals surface area contributed by atoms with Gasteiger partial charge in [-0.25, -0.2) is 4.79 Å². The Morgan fingerprint density at radius 1 is 1.12 bits per heavy atom. The molecule has 2 N–H and O–H groups in total. The lowest BCUT2D eigenvalue weighted by atomic mass is 10.1. The lowest BCUT2D eigenvalue weighted by Gasteiger charge is -2.13. The number of esters is 2. The third kappa shape index (κ3) is 8.41.